The molecule has 0 aliphatic carbocycles. The van der Waals surface area contributed by atoms with E-state index in [1.165, 1.54) is 16.8 Å². The van der Waals surface area contributed by atoms with Crippen LogP contribution < -0.4 is 5.32 Å². The zero-order chi connectivity index (χ0) is 14.7. The number of aliphatic hydroxyl groups excluding tert-OH is 1. The molecule has 0 amide bonds. The Bertz CT molecular complexity index is 589. The highest BCUT2D eigenvalue weighted by atomic mass is 16.3. The topological polar surface area (TPSA) is 50.1 Å². The zero-order valence-corrected chi connectivity index (χ0v) is 12.6. The number of aryl methyl sites for hydroxylation is 2. The molecule has 108 valence electrons. The average molecular weight is 273 g/mol. The van der Waals surface area contributed by atoms with Crippen molar-refractivity contribution in [1.82, 2.24) is 15.1 Å². The van der Waals surface area contributed by atoms with Gasteiger partial charge in [0.2, 0.25) is 0 Å². The van der Waals surface area contributed by atoms with E-state index in [1.807, 2.05) is 36.9 Å². The molecule has 0 aliphatic heterocycles. The molecule has 2 aromatic rings. The van der Waals surface area contributed by atoms with E-state index in [1.54, 1.807) is 0 Å². The van der Waals surface area contributed by atoms with E-state index in [4.69, 9.17) is 5.11 Å². The van der Waals surface area contributed by atoms with Gasteiger partial charge in [0.15, 0.2) is 0 Å². The van der Waals surface area contributed by atoms with E-state index >= 15 is 0 Å². The van der Waals surface area contributed by atoms with E-state index in [0.717, 1.165) is 17.8 Å². The quantitative estimate of drug-likeness (QED) is 0.879. The Labute approximate surface area is 120 Å². The smallest absolute Gasteiger partial charge is 0.0681 e. The van der Waals surface area contributed by atoms with E-state index < -0.39 is 0 Å². The molecule has 0 saturated carbocycles. The number of nitrogens with one attached hydrogen (secondary N) is 1. The highest BCUT2D eigenvalue weighted by Gasteiger charge is 2.15. The summed E-state index contributed by atoms with van der Waals surface area (Å²) in [6.45, 7) is 7.17. The molecule has 1 aromatic carbocycles. The summed E-state index contributed by atoms with van der Waals surface area (Å²) < 4.78 is 1.93. The molecule has 0 saturated heterocycles. The van der Waals surface area contributed by atoms with Crippen molar-refractivity contribution in [2.75, 3.05) is 0 Å². The predicted octanol–water partition coefficient (Wildman–Crippen LogP) is 2.38. The minimum Gasteiger partial charge on any atom is -0.392 e. The van der Waals surface area contributed by atoms with E-state index in [9.17, 15) is 0 Å². The van der Waals surface area contributed by atoms with E-state index in [0.29, 0.717) is 0 Å². The summed E-state index contributed by atoms with van der Waals surface area (Å²) in [5.41, 5.74) is 5.68. The number of rotatable bonds is 5. The van der Waals surface area contributed by atoms with E-state index in [2.05, 4.69) is 30.3 Å². The van der Waals surface area contributed by atoms with Crippen LogP contribution in [0.25, 0.3) is 0 Å². The number of benzene rings is 1. The highest BCUT2D eigenvalue weighted by molar-refractivity contribution is 5.28. The first-order valence-corrected chi connectivity index (χ1v) is 6.95. The van der Waals surface area contributed by atoms with Gasteiger partial charge in [0.25, 0.3) is 0 Å². The van der Waals surface area contributed by atoms with Crippen LogP contribution in [0, 0.1) is 13.8 Å². The minimum atomic E-state index is 0.0875. The fraction of sp³-hybridized carbons (Fsp3) is 0.438. The van der Waals surface area contributed by atoms with Gasteiger partial charge in [-0.25, -0.2) is 0 Å². The highest BCUT2D eigenvalue weighted by Crippen LogP contribution is 2.21. The van der Waals surface area contributed by atoms with Crippen LogP contribution in [0.1, 0.15) is 41.0 Å². The summed E-state index contributed by atoms with van der Waals surface area (Å²) in [4.78, 5) is 0. The molecule has 0 fully saturated rings. The third kappa shape index (κ3) is 3.08. The number of nitrogens with zero attached hydrogens (tertiary/aromatic N) is 2. The molecule has 1 aromatic heterocycles. The molecule has 1 unspecified atom stereocenters. The number of aromatic nitrogens is 2. The third-order valence-corrected chi connectivity index (χ3v) is 3.78. The molecule has 1 heterocycles. The second kappa shape index (κ2) is 6.20. The van der Waals surface area contributed by atoms with Gasteiger partial charge in [-0.05, 0) is 31.9 Å². The molecular weight excluding hydrogens is 250 g/mol. The molecule has 0 bridgehead atoms. The summed E-state index contributed by atoms with van der Waals surface area (Å²) in [5, 5.41) is 17.1. The standard InChI is InChI=1S/C16H23N3O/c1-11(16-12(2)18-19(4)13(16)3)17-9-14-6-5-7-15(8-14)10-20/h5-8,11,17,20H,9-10H2,1-4H3. The molecule has 0 aliphatic rings. The van der Waals surface area contributed by atoms with Gasteiger partial charge in [0, 0.05) is 30.9 Å². The molecule has 0 radical (unpaired) electrons. The van der Waals surface area contributed by atoms with Crippen molar-refractivity contribution in [2.45, 2.75) is 40.0 Å². The van der Waals surface area contributed by atoms with Crippen LogP contribution in [-0.2, 0) is 20.2 Å². The van der Waals surface area contributed by atoms with Gasteiger partial charge in [-0.2, -0.15) is 5.10 Å². The maximum Gasteiger partial charge on any atom is 0.0681 e. The van der Waals surface area contributed by atoms with Crippen LogP contribution in [0.5, 0.6) is 0 Å². The van der Waals surface area contributed by atoms with Crippen LogP contribution in [0.2, 0.25) is 0 Å². The zero-order valence-electron chi connectivity index (χ0n) is 12.6. The first-order chi connectivity index (χ1) is 9.52. The van der Waals surface area contributed by atoms with Crippen molar-refractivity contribution in [2.24, 2.45) is 7.05 Å². The molecule has 2 rings (SSSR count). The van der Waals surface area contributed by atoms with Crippen molar-refractivity contribution in [3.63, 3.8) is 0 Å². The van der Waals surface area contributed by atoms with Gasteiger partial charge in [-0.1, -0.05) is 24.3 Å². The van der Waals surface area contributed by atoms with Crippen molar-refractivity contribution >= 4 is 0 Å². The van der Waals surface area contributed by atoms with Gasteiger partial charge in [0.1, 0.15) is 0 Å². The first kappa shape index (κ1) is 14.8. The van der Waals surface area contributed by atoms with Gasteiger partial charge in [0.05, 0.1) is 12.3 Å². The Kier molecular flexibility index (Phi) is 4.57. The molecule has 4 heteroatoms. The Morgan fingerprint density at radius 3 is 2.60 bits per heavy atom. The average Bonchev–Trinajstić information content (AvgIpc) is 2.70. The van der Waals surface area contributed by atoms with Crippen molar-refractivity contribution < 1.29 is 5.11 Å². The Morgan fingerprint density at radius 2 is 2.00 bits per heavy atom. The Balaban J connectivity index is 2.06. The second-order valence-electron chi connectivity index (χ2n) is 5.29. The molecule has 0 spiro atoms. The molecule has 20 heavy (non-hydrogen) atoms. The van der Waals surface area contributed by atoms with Gasteiger partial charge in [-0.15, -0.1) is 0 Å². The third-order valence-electron chi connectivity index (χ3n) is 3.78. The maximum absolute atomic E-state index is 9.16. The molecule has 2 N–H and O–H groups in total. The predicted molar refractivity (Wildman–Crippen MR) is 80.3 cm³/mol. The van der Waals surface area contributed by atoms with Crippen molar-refractivity contribution in [3.8, 4) is 0 Å². The van der Waals surface area contributed by atoms with E-state index in [-0.39, 0.29) is 12.6 Å². The minimum absolute atomic E-state index is 0.0875. The van der Waals surface area contributed by atoms with Crippen LogP contribution >= 0.6 is 0 Å². The lowest BCUT2D eigenvalue weighted by Crippen LogP contribution is -2.19. The monoisotopic (exact) mass is 273 g/mol. The maximum atomic E-state index is 9.16. The lowest BCUT2D eigenvalue weighted by molar-refractivity contribution is 0.281. The second-order valence-corrected chi connectivity index (χ2v) is 5.29. The summed E-state index contributed by atoms with van der Waals surface area (Å²) in [7, 11) is 1.98. The van der Waals surface area contributed by atoms with Crippen molar-refractivity contribution in [1.29, 1.82) is 0 Å². The normalized spacial score (nSPS) is 12.7. The van der Waals surface area contributed by atoms with Gasteiger partial charge in [-0.3, -0.25) is 4.68 Å². The van der Waals surface area contributed by atoms with Crippen LogP contribution in [0.15, 0.2) is 24.3 Å². The Morgan fingerprint density at radius 1 is 1.30 bits per heavy atom. The summed E-state index contributed by atoms with van der Waals surface area (Å²) in [5.74, 6) is 0. The van der Waals surface area contributed by atoms with Crippen LogP contribution in [0.4, 0.5) is 0 Å². The van der Waals surface area contributed by atoms with Crippen LogP contribution in [-0.4, -0.2) is 14.9 Å². The summed E-state index contributed by atoms with van der Waals surface area (Å²) in [6.07, 6.45) is 0. The number of aliphatic hydroxyl groups is 1. The SMILES string of the molecule is Cc1nn(C)c(C)c1C(C)NCc1cccc(CO)c1. The lowest BCUT2D eigenvalue weighted by atomic mass is 10.1. The van der Waals surface area contributed by atoms with Crippen molar-refractivity contribution in [3.05, 3.63) is 52.3 Å². The molecule has 4 nitrogen and oxygen atoms in total. The lowest BCUT2D eigenvalue weighted by Gasteiger charge is -2.15. The fourth-order valence-electron chi connectivity index (χ4n) is 2.63. The molecule has 1 atom stereocenters. The first-order valence-electron chi connectivity index (χ1n) is 6.95. The van der Waals surface area contributed by atoms with Crippen LogP contribution in [0.3, 0.4) is 0 Å². The van der Waals surface area contributed by atoms with Gasteiger partial charge >= 0.3 is 0 Å². The summed E-state index contributed by atoms with van der Waals surface area (Å²) in [6, 6.07) is 8.27. The fourth-order valence-corrected chi connectivity index (χ4v) is 2.63. The molecular formula is C16H23N3O. The number of hydrogen-bond acceptors (Lipinski definition) is 3. The number of hydrogen-bond donors (Lipinski definition) is 2. The van der Waals surface area contributed by atoms with Gasteiger partial charge < -0.3 is 10.4 Å². The summed E-state index contributed by atoms with van der Waals surface area (Å²) >= 11 is 0. The Hall–Kier alpha value is -1.65. The largest absolute Gasteiger partial charge is 0.392 e.